The van der Waals surface area contributed by atoms with Gasteiger partial charge < -0.3 is 23.7 Å². The van der Waals surface area contributed by atoms with E-state index in [1.165, 1.54) is 7.11 Å². The summed E-state index contributed by atoms with van der Waals surface area (Å²) in [5.74, 6) is 0.451. The number of fused-ring (bicyclic) bond motifs is 3. The minimum Gasteiger partial charge on any atom is -0.485 e. The molecule has 1 aliphatic carbocycles. The quantitative estimate of drug-likeness (QED) is 0.271. The highest BCUT2D eigenvalue weighted by molar-refractivity contribution is 9.10. The first-order valence-corrected chi connectivity index (χ1v) is 10.4. The summed E-state index contributed by atoms with van der Waals surface area (Å²) in [5.41, 5.74) is 9.91. The van der Waals surface area contributed by atoms with Crippen LogP contribution in [0.3, 0.4) is 0 Å². The van der Waals surface area contributed by atoms with Crippen LogP contribution in [0.4, 0.5) is 0 Å². The van der Waals surface area contributed by atoms with Crippen LogP contribution in [0, 0.1) is 0 Å². The van der Waals surface area contributed by atoms with Gasteiger partial charge in [-0.15, -0.1) is 0 Å². The molecule has 5 atom stereocenters. The summed E-state index contributed by atoms with van der Waals surface area (Å²) in [4.78, 5) is 14.5. The Hall–Kier alpha value is -2.00. The van der Waals surface area contributed by atoms with E-state index in [-0.39, 0.29) is 37.1 Å². The zero-order chi connectivity index (χ0) is 20.4. The van der Waals surface area contributed by atoms with Crippen molar-refractivity contribution >= 4 is 21.9 Å². The molecule has 2 aliphatic heterocycles. The fraction of sp³-hybridized carbons (Fsp3) is 0.632. The van der Waals surface area contributed by atoms with Crippen LogP contribution in [0.15, 0.2) is 21.7 Å². The largest absolute Gasteiger partial charge is 0.485 e. The number of ether oxygens (including phenoxy) is 5. The van der Waals surface area contributed by atoms with Crippen molar-refractivity contribution in [1.82, 2.24) is 0 Å². The Labute approximate surface area is 176 Å². The first-order valence-electron chi connectivity index (χ1n) is 9.61. The van der Waals surface area contributed by atoms with Gasteiger partial charge in [0.25, 0.3) is 0 Å². The highest BCUT2D eigenvalue weighted by Gasteiger charge is 2.52. The van der Waals surface area contributed by atoms with Crippen molar-refractivity contribution in [2.24, 2.45) is 5.11 Å². The average Bonchev–Trinajstić information content (AvgIpc) is 3.24. The number of carbonyl (C=O) groups excluding carboxylic acids is 1. The molecule has 10 heteroatoms. The molecule has 1 saturated heterocycles. The third-order valence-corrected chi connectivity index (χ3v) is 5.96. The lowest BCUT2D eigenvalue weighted by Crippen LogP contribution is -2.34. The van der Waals surface area contributed by atoms with E-state index in [9.17, 15) is 4.79 Å². The lowest BCUT2D eigenvalue weighted by atomic mass is 9.94. The lowest BCUT2D eigenvalue weighted by Gasteiger charge is -2.30. The van der Waals surface area contributed by atoms with Gasteiger partial charge in [-0.2, -0.15) is 0 Å². The van der Waals surface area contributed by atoms with Gasteiger partial charge in [0, 0.05) is 21.6 Å². The van der Waals surface area contributed by atoms with E-state index >= 15 is 0 Å². The second kappa shape index (κ2) is 8.79. The fourth-order valence-electron chi connectivity index (χ4n) is 4.23. The first kappa shape index (κ1) is 20.3. The van der Waals surface area contributed by atoms with Gasteiger partial charge >= 0.3 is 5.97 Å². The van der Waals surface area contributed by atoms with E-state index in [0.717, 1.165) is 29.3 Å². The Balaban J connectivity index is 1.62. The molecule has 29 heavy (non-hydrogen) atoms. The Morgan fingerprint density at radius 2 is 2.28 bits per heavy atom. The van der Waals surface area contributed by atoms with Crippen molar-refractivity contribution in [2.75, 3.05) is 20.3 Å². The molecule has 3 aliphatic rings. The molecule has 0 bridgehead atoms. The van der Waals surface area contributed by atoms with E-state index in [4.69, 9.17) is 24.5 Å². The Kier molecular flexibility index (Phi) is 6.15. The highest BCUT2D eigenvalue weighted by Crippen LogP contribution is 2.53. The highest BCUT2D eigenvalue weighted by atomic mass is 79.9. The van der Waals surface area contributed by atoms with Gasteiger partial charge in [0.05, 0.1) is 25.2 Å². The third-order valence-electron chi connectivity index (χ3n) is 5.50. The molecule has 9 nitrogen and oxygen atoms in total. The number of rotatable bonds is 6. The minimum atomic E-state index is -0.476. The summed E-state index contributed by atoms with van der Waals surface area (Å²) < 4.78 is 29.3. The van der Waals surface area contributed by atoms with Crippen molar-refractivity contribution in [3.05, 3.63) is 32.6 Å². The van der Waals surface area contributed by atoms with Gasteiger partial charge in [0.1, 0.15) is 6.10 Å². The number of azide groups is 1. The molecule has 156 valence electrons. The Morgan fingerprint density at radius 1 is 1.41 bits per heavy atom. The number of benzene rings is 1. The monoisotopic (exact) mass is 467 g/mol. The number of halogens is 1. The lowest BCUT2D eigenvalue weighted by molar-refractivity contribution is -0.192. The van der Waals surface area contributed by atoms with E-state index < -0.39 is 5.97 Å². The number of carbonyl (C=O) groups is 1. The molecule has 2 heterocycles. The molecule has 0 spiro atoms. The second-order valence-electron chi connectivity index (χ2n) is 7.27. The van der Waals surface area contributed by atoms with Crippen LogP contribution in [0.1, 0.15) is 37.2 Å². The van der Waals surface area contributed by atoms with Crippen molar-refractivity contribution in [2.45, 2.75) is 56.1 Å². The third kappa shape index (κ3) is 4.16. The van der Waals surface area contributed by atoms with Gasteiger partial charge in [-0.3, -0.25) is 0 Å². The molecule has 2 fully saturated rings. The number of esters is 1. The van der Waals surface area contributed by atoms with Crippen LogP contribution >= 0.6 is 15.9 Å². The maximum atomic E-state index is 11.5. The molecule has 0 radical (unpaired) electrons. The van der Waals surface area contributed by atoms with Crippen molar-refractivity contribution < 1.29 is 28.5 Å². The Bertz CT molecular complexity index is 824. The van der Waals surface area contributed by atoms with Crippen molar-refractivity contribution in [1.29, 1.82) is 0 Å². The second-order valence-corrected chi connectivity index (χ2v) is 8.19. The van der Waals surface area contributed by atoms with Crippen LogP contribution in [0.2, 0.25) is 0 Å². The molecular formula is C19H22BrN3O6. The predicted molar refractivity (Wildman–Crippen MR) is 105 cm³/mol. The van der Waals surface area contributed by atoms with Gasteiger partial charge in [-0.25, -0.2) is 4.79 Å². The molecule has 0 aromatic heterocycles. The molecule has 1 aromatic rings. The summed E-state index contributed by atoms with van der Waals surface area (Å²) in [5, 5.41) is 3.96. The molecule has 1 saturated carbocycles. The fourth-order valence-corrected chi connectivity index (χ4v) is 4.69. The number of hydrogen-bond donors (Lipinski definition) is 0. The Morgan fingerprint density at radius 3 is 3.00 bits per heavy atom. The standard InChI is InChI=1S/C19H22BrN3O6/c1-25-15(24)9-27-14-7-10(20)6-11-17-13(28-18(11)14)8-12(22-23-21)19(17)29-16-4-2-3-5-26-16/h6-7,12-13,16-17,19H,2-5,8-9H2,1H3. The van der Waals surface area contributed by atoms with Gasteiger partial charge in [-0.1, -0.05) is 21.0 Å². The molecule has 5 unspecified atom stereocenters. The molecule has 0 amide bonds. The van der Waals surface area contributed by atoms with Gasteiger partial charge in [-0.05, 0) is 43.3 Å². The van der Waals surface area contributed by atoms with Crippen molar-refractivity contribution in [3.63, 3.8) is 0 Å². The SMILES string of the molecule is COC(=O)COc1cc(Br)cc2c1OC1CC(N=[N+]=[N-])C(OC3CCCCO3)C21. The zero-order valence-corrected chi connectivity index (χ0v) is 17.5. The average molecular weight is 468 g/mol. The van der Waals surface area contributed by atoms with E-state index in [0.29, 0.717) is 24.5 Å². The molecule has 1 aromatic carbocycles. The number of methoxy groups -OCH3 is 1. The molecule has 0 N–H and O–H groups in total. The van der Waals surface area contributed by atoms with Gasteiger partial charge in [0.2, 0.25) is 0 Å². The van der Waals surface area contributed by atoms with E-state index in [2.05, 4.69) is 30.7 Å². The summed E-state index contributed by atoms with van der Waals surface area (Å²) in [6, 6.07) is 3.38. The first-order chi connectivity index (χ1) is 14.1. The number of nitrogens with zero attached hydrogens (tertiary/aromatic N) is 3. The smallest absolute Gasteiger partial charge is 0.343 e. The maximum Gasteiger partial charge on any atom is 0.343 e. The van der Waals surface area contributed by atoms with Crippen LogP contribution in [0.5, 0.6) is 11.5 Å². The summed E-state index contributed by atoms with van der Waals surface area (Å²) in [6.07, 6.45) is 2.55. The molecule has 4 rings (SSSR count). The topological polar surface area (TPSA) is 112 Å². The summed E-state index contributed by atoms with van der Waals surface area (Å²) in [7, 11) is 1.31. The predicted octanol–water partition coefficient (Wildman–Crippen LogP) is 3.84. The normalized spacial score (nSPS) is 29.9. The zero-order valence-electron chi connectivity index (χ0n) is 16.0. The van der Waals surface area contributed by atoms with Crippen LogP contribution in [-0.4, -0.2) is 50.8 Å². The van der Waals surface area contributed by atoms with Crippen LogP contribution < -0.4 is 9.47 Å². The van der Waals surface area contributed by atoms with E-state index in [1.54, 1.807) is 6.07 Å². The summed E-state index contributed by atoms with van der Waals surface area (Å²) >= 11 is 3.50. The maximum absolute atomic E-state index is 11.5. The van der Waals surface area contributed by atoms with Crippen LogP contribution in [-0.2, 0) is 19.0 Å². The van der Waals surface area contributed by atoms with Crippen molar-refractivity contribution in [3.8, 4) is 11.5 Å². The van der Waals surface area contributed by atoms with Gasteiger partial charge in [0.15, 0.2) is 24.4 Å². The van der Waals surface area contributed by atoms with E-state index in [1.807, 2.05) is 6.07 Å². The number of hydrogen-bond acceptors (Lipinski definition) is 7. The summed E-state index contributed by atoms with van der Waals surface area (Å²) in [6.45, 7) is 0.455. The minimum absolute atomic E-state index is 0.121. The van der Waals surface area contributed by atoms with Crippen LogP contribution in [0.25, 0.3) is 10.4 Å². The molecular weight excluding hydrogens is 446 g/mol.